The summed E-state index contributed by atoms with van der Waals surface area (Å²) in [5.74, 6) is -0.196. The predicted molar refractivity (Wildman–Crippen MR) is 76.1 cm³/mol. The fourth-order valence-electron chi connectivity index (χ4n) is 1.90. The third-order valence-corrected chi connectivity index (χ3v) is 3.38. The molecule has 0 atom stereocenters. The lowest BCUT2D eigenvalue weighted by Gasteiger charge is -2.08. The lowest BCUT2D eigenvalue weighted by Crippen LogP contribution is -2.14. The fraction of sp³-hybridized carbons (Fsp3) is 0.385. The maximum Gasteiger partial charge on any atom is 0.156 e. The van der Waals surface area contributed by atoms with Crippen LogP contribution in [-0.2, 0) is 13.6 Å². The summed E-state index contributed by atoms with van der Waals surface area (Å²) in [7, 11) is 1.81. The minimum absolute atomic E-state index is 0.196. The van der Waals surface area contributed by atoms with Crippen LogP contribution < -0.4 is 5.32 Å². The molecule has 0 spiro atoms. The van der Waals surface area contributed by atoms with Crippen molar-refractivity contribution in [3.05, 3.63) is 34.2 Å². The van der Waals surface area contributed by atoms with Crippen molar-refractivity contribution in [2.75, 3.05) is 6.54 Å². The highest BCUT2D eigenvalue weighted by Gasteiger charge is 2.12. The van der Waals surface area contributed by atoms with Crippen LogP contribution in [0.15, 0.2) is 22.8 Å². The first-order valence-electron chi connectivity index (χ1n) is 6.18. The summed E-state index contributed by atoms with van der Waals surface area (Å²) >= 11 is 3.36. The van der Waals surface area contributed by atoms with E-state index >= 15 is 0 Å². The Morgan fingerprint density at radius 3 is 2.84 bits per heavy atom. The van der Waals surface area contributed by atoms with E-state index in [1.54, 1.807) is 10.7 Å². The van der Waals surface area contributed by atoms with Gasteiger partial charge in [-0.25, -0.2) is 9.07 Å². The topological polar surface area (TPSA) is 42.7 Å². The van der Waals surface area contributed by atoms with Crippen molar-refractivity contribution in [2.24, 2.45) is 7.05 Å². The monoisotopic (exact) mass is 326 g/mol. The molecule has 1 aromatic carbocycles. The molecule has 0 saturated heterocycles. The molecule has 0 unspecified atom stereocenters. The standard InChI is InChI=1S/C13H16BrFN4/c1-3-6-16-8-10-7-9(4-5-11(10)15)12-13(14)17-18-19(12)2/h4-5,7,16H,3,6,8H2,1-2H3. The molecule has 1 aromatic heterocycles. The number of halogens is 2. The zero-order valence-electron chi connectivity index (χ0n) is 11.0. The first-order valence-corrected chi connectivity index (χ1v) is 6.97. The molecule has 4 nitrogen and oxygen atoms in total. The van der Waals surface area contributed by atoms with Gasteiger partial charge in [-0.05, 0) is 47.1 Å². The summed E-state index contributed by atoms with van der Waals surface area (Å²) in [6.07, 6.45) is 1.03. The molecule has 0 aliphatic rings. The normalized spacial score (nSPS) is 10.9. The zero-order chi connectivity index (χ0) is 13.8. The minimum atomic E-state index is -0.196. The lowest BCUT2D eigenvalue weighted by atomic mass is 10.1. The van der Waals surface area contributed by atoms with Crippen molar-refractivity contribution in [3.63, 3.8) is 0 Å². The minimum Gasteiger partial charge on any atom is -0.313 e. The van der Waals surface area contributed by atoms with Crippen LogP contribution in [0.25, 0.3) is 11.3 Å². The molecule has 0 aliphatic carbocycles. The Kier molecular flexibility index (Phi) is 4.66. The van der Waals surface area contributed by atoms with Crippen molar-refractivity contribution >= 4 is 15.9 Å². The van der Waals surface area contributed by atoms with Crippen LogP contribution in [0.5, 0.6) is 0 Å². The van der Waals surface area contributed by atoms with E-state index in [4.69, 9.17) is 0 Å². The molecule has 102 valence electrons. The van der Waals surface area contributed by atoms with Gasteiger partial charge in [-0.2, -0.15) is 0 Å². The van der Waals surface area contributed by atoms with E-state index in [1.165, 1.54) is 6.07 Å². The molecule has 0 aliphatic heterocycles. The first kappa shape index (κ1) is 14.1. The van der Waals surface area contributed by atoms with Crippen molar-refractivity contribution in [1.82, 2.24) is 20.3 Å². The lowest BCUT2D eigenvalue weighted by molar-refractivity contribution is 0.586. The summed E-state index contributed by atoms with van der Waals surface area (Å²) in [6, 6.07) is 5.06. The van der Waals surface area contributed by atoms with Gasteiger partial charge in [-0.15, -0.1) is 5.10 Å². The van der Waals surface area contributed by atoms with Crippen molar-refractivity contribution in [3.8, 4) is 11.3 Å². The van der Waals surface area contributed by atoms with Crippen LogP contribution in [0, 0.1) is 5.82 Å². The Hall–Kier alpha value is -1.27. The fourth-order valence-corrected chi connectivity index (χ4v) is 2.45. The molecule has 6 heteroatoms. The highest BCUT2D eigenvalue weighted by molar-refractivity contribution is 9.10. The second-order valence-corrected chi connectivity index (χ2v) is 5.09. The van der Waals surface area contributed by atoms with Gasteiger partial charge in [0, 0.05) is 24.7 Å². The van der Waals surface area contributed by atoms with Gasteiger partial charge in [-0.1, -0.05) is 12.1 Å². The summed E-state index contributed by atoms with van der Waals surface area (Å²) in [4.78, 5) is 0. The molecular weight excluding hydrogens is 311 g/mol. The maximum atomic E-state index is 13.7. The highest BCUT2D eigenvalue weighted by atomic mass is 79.9. The number of hydrogen-bond donors (Lipinski definition) is 1. The molecule has 0 bridgehead atoms. The number of nitrogens with one attached hydrogen (secondary N) is 1. The number of rotatable bonds is 5. The van der Waals surface area contributed by atoms with E-state index in [2.05, 4.69) is 38.5 Å². The quantitative estimate of drug-likeness (QED) is 0.859. The predicted octanol–water partition coefficient (Wildman–Crippen LogP) is 2.88. The smallest absolute Gasteiger partial charge is 0.156 e. The molecule has 19 heavy (non-hydrogen) atoms. The van der Waals surface area contributed by atoms with E-state index < -0.39 is 0 Å². The van der Waals surface area contributed by atoms with Crippen LogP contribution in [-0.4, -0.2) is 21.5 Å². The van der Waals surface area contributed by atoms with Crippen molar-refractivity contribution in [1.29, 1.82) is 0 Å². The SMILES string of the molecule is CCCNCc1cc(-c2c(Br)nnn2C)ccc1F. The second-order valence-electron chi connectivity index (χ2n) is 4.34. The molecule has 0 saturated carbocycles. The molecule has 0 fully saturated rings. The number of aryl methyl sites for hydroxylation is 1. The van der Waals surface area contributed by atoms with Crippen molar-refractivity contribution in [2.45, 2.75) is 19.9 Å². The van der Waals surface area contributed by atoms with Crippen LogP contribution in [0.3, 0.4) is 0 Å². The van der Waals surface area contributed by atoms with Gasteiger partial charge in [0.2, 0.25) is 0 Å². The van der Waals surface area contributed by atoms with Crippen LogP contribution in [0.4, 0.5) is 4.39 Å². The Balaban J connectivity index is 2.30. The number of benzene rings is 1. The molecule has 2 rings (SSSR count). The zero-order valence-corrected chi connectivity index (χ0v) is 12.5. The van der Waals surface area contributed by atoms with Gasteiger partial charge >= 0.3 is 0 Å². The highest BCUT2D eigenvalue weighted by Crippen LogP contribution is 2.27. The summed E-state index contributed by atoms with van der Waals surface area (Å²) < 4.78 is 16.1. The first-order chi connectivity index (χ1) is 9.13. The largest absolute Gasteiger partial charge is 0.313 e. The van der Waals surface area contributed by atoms with E-state index in [0.717, 1.165) is 24.2 Å². The Morgan fingerprint density at radius 1 is 1.42 bits per heavy atom. The van der Waals surface area contributed by atoms with Crippen LogP contribution in [0.1, 0.15) is 18.9 Å². The Morgan fingerprint density at radius 2 is 2.21 bits per heavy atom. The van der Waals surface area contributed by atoms with Crippen molar-refractivity contribution < 1.29 is 4.39 Å². The van der Waals surface area contributed by atoms with Gasteiger partial charge < -0.3 is 5.32 Å². The van der Waals surface area contributed by atoms with Gasteiger partial charge in [0.05, 0.1) is 0 Å². The van der Waals surface area contributed by atoms with Gasteiger partial charge in [0.15, 0.2) is 4.60 Å². The van der Waals surface area contributed by atoms with E-state index in [-0.39, 0.29) is 5.82 Å². The summed E-state index contributed by atoms with van der Waals surface area (Å²) in [5, 5.41) is 11.1. The van der Waals surface area contributed by atoms with Crippen LogP contribution in [0.2, 0.25) is 0 Å². The average Bonchev–Trinajstić information content (AvgIpc) is 2.72. The van der Waals surface area contributed by atoms with Gasteiger partial charge in [0.25, 0.3) is 0 Å². The summed E-state index contributed by atoms with van der Waals surface area (Å²) in [6.45, 7) is 3.48. The Bertz CT molecular complexity index is 548. The number of hydrogen-bond acceptors (Lipinski definition) is 3. The number of nitrogens with zero attached hydrogens (tertiary/aromatic N) is 3. The maximum absolute atomic E-state index is 13.7. The number of aromatic nitrogens is 3. The second kappa shape index (κ2) is 6.25. The van der Waals surface area contributed by atoms with Gasteiger partial charge in [-0.3, -0.25) is 0 Å². The van der Waals surface area contributed by atoms with Gasteiger partial charge in [0.1, 0.15) is 11.5 Å². The average molecular weight is 327 g/mol. The third kappa shape index (κ3) is 3.19. The molecule has 1 N–H and O–H groups in total. The van der Waals surface area contributed by atoms with E-state index in [1.807, 2.05) is 13.1 Å². The molecule has 0 radical (unpaired) electrons. The molecule has 2 aromatic rings. The van der Waals surface area contributed by atoms with E-state index in [9.17, 15) is 4.39 Å². The molecular formula is C13H16BrFN4. The molecule has 1 heterocycles. The molecule has 0 amide bonds. The van der Waals surface area contributed by atoms with Crippen LogP contribution >= 0.6 is 15.9 Å². The van der Waals surface area contributed by atoms with E-state index in [0.29, 0.717) is 16.7 Å². The summed E-state index contributed by atoms with van der Waals surface area (Å²) in [5.41, 5.74) is 2.39. The Labute approximate surface area is 120 Å². The third-order valence-electron chi connectivity index (χ3n) is 2.85.